The van der Waals surface area contributed by atoms with Crippen molar-refractivity contribution in [3.05, 3.63) is 0 Å². The number of nitrogens with zero attached hydrogens (tertiary/aromatic N) is 1. The second-order valence-electron chi connectivity index (χ2n) is 6.15. The molecule has 1 N–H and O–H groups in total. The van der Waals surface area contributed by atoms with Crippen molar-refractivity contribution in [3.8, 4) is 11.8 Å². The Morgan fingerprint density at radius 3 is 2.68 bits per heavy atom. The van der Waals surface area contributed by atoms with Gasteiger partial charge in [-0.2, -0.15) is 0 Å². The molecule has 2 atom stereocenters. The summed E-state index contributed by atoms with van der Waals surface area (Å²) in [6.45, 7) is 7.84. The lowest BCUT2D eigenvalue weighted by molar-refractivity contribution is 0.0957. The van der Waals surface area contributed by atoms with Crippen LogP contribution in [-0.4, -0.2) is 36.6 Å². The topological polar surface area (TPSA) is 15.3 Å². The van der Waals surface area contributed by atoms with E-state index in [1.165, 1.54) is 51.6 Å². The van der Waals surface area contributed by atoms with E-state index in [2.05, 4.69) is 29.0 Å². The van der Waals surface area contributed by atoms with Crippen LogP contribution in [0.25, 0.3) is 0 Å². The van der Waals surface area contributed by atoms with Gasteiger partial charge in [-0.15, -0.1) is 11.8 Å². The molecule has 2 aliphatic rings. The highest BCUT2D eigenvalue weighted by Gasteiger charge is 2.31. The number of piperazine rings is 1. The minimum absolute atomic E-state index is 0.721. The molecule has 0 aromatic carbocycles. The molecule has 0 spiro atoms. The summed E-state index contributed by atoms with van der Waals surface area (Å²) in [6.07, 6.45) is 9.52. The molecule has 2 heteroatoms. The van der Waals surface area contributed by atoms with Gasteiger partial charge in [0, 0.05) is 38.1 Å². The molecule has 0 aromatic heterocycles. The fraction of sp³-hybridized carbons (Fsp3) is 0.882. The smallest absolute Gasteiger partial charge is 0.0224 e. The van der Waals surface area contributed by atoms with Crippen molar-refractivity contribution < 1.29 is 0 Å². The summed E-state index contributed by atoms with van der Waals surface area (Å²) in [4.78, 5) is 2.69. The first-order valence-electron chi connectivity index (χ1n) is 8.22. The zero-order chi connectivity index (χ0) is 13.5. The van der Waals surface area contributed by atoms with Gasteiger partial charge in [-0.1, -0.05) is 26.2 Å². The van der Waals surface area contributed by atoms with E-state index >= 15 is 0 Å². The Hall–Kier alpha value is -0.520. The number of nitrogens with one attached hydrogen (secondary N) is 1. The van der Waals surface area contributed by atoms with Gasteiger partial charge in [0.1, 0.15) is 0 Å². The maximum atomic E-state index is 3.83. The van der Waals surface area contributed by atoms with Crippen LogP contribution in [0.15, 0.2) is 0 Å². The maximum Gasteiger partial charge on any atom is 0.0224 e. The molecule has 1 saturated heterocycles. The van der Waals surface area contributed by atoms with E-state index in [0.29, 0.717) is 0 Å². The second kappa shape index (κ2) is 7.92. The fourth-order valence-corrected chi connectivity index (χ4v) is 3.74. The minimum atomic E-state index is 0.721. The number of hydrogen-bond acceptors (Lipinski definition) is 2. The van der Waals surface area contributed by atoms with Gasteiger partial charge >= 0.3 is 0 Å². The summed E-state index contributed by atoms with van der Waals surface area (Å²) < 4.78 is 0. The summed E-state index contributed by atoms with van der Waals surface area (Å²) in [5.41, 5.74) is 0. The zero-order valence-corrected chi connectivity index (χ0v) is 12.8. The third-order valence-electron chi connectivity index (χ3n) is 4.95. The van der Waals surface area contributed by atoms with Crippen molar-refractivity contribution in [1.82, 2.24) is 10.2 Å². The average Bonchev–Trinajstić information content (AvgIpc) is 2.48. The van der Waals surface area contributed by atoms with E-state index in [1.54, 1.807) is 0 Å². The van der Waals surface area contributed by atoms with Crippen molar-refractivity contribution in [2.24, 2.45) is 5.92 Å². The molecule has 19 heavy (non-hydrogen) atoms. The van der Waals surface area contributed by atoms with E-state index in [-0.39, 0.29) is 0 Å². The molecule has 0 aromatic rings. The van der Waals surface area contributed by atoms with Crippen LogP contribution in [0.1, 0.15) is 58.8 Å². The molecule has 0 amide bonds. The molecule has 1 aliphatic heterocycles. The van der Waals surface area contributed by atoms with E-state index < -0.39 is 0 Å². The van der Waals surface area contributed by atoms with Crippen LogP contribution in [0.3, 0.4) is 0 Å². The van der Waals surface area contributed by atoms with Crippen LogP contribution >= 0.6 is 0 Å². The largest absolute Gasteiger partial charge is 0.311 e. The van der Waals surface area contributed by atoms with Crippen molar-refractivity contribution in [2.75, 3.05) is 19.6 Å². The third kappa shape index (κ3) is 4.23. The van der Waals surface area contributed by atoms with Gasteiger partial charge in [0.15, 0.2) is 0 Å². The molecule has 2 unspecified atom stereocenters. The van der Waals surface area contributed by atoms with Crippen LogP contribution in [0.4, 0.5) is 0 Å². The third-order valence-corrected chi connectivity index (χ3v) is 4.95. The summed E-state index contributed by atoms with van der Waals surface area (Å²) >= 11 is 0. The summed E-state index contributed by atoms with van der Waals surface area (Å²) in [5, 5.41) is 3.83. The predicted octanol–water partition coefficient (Wildman–Crippen LogP) is 3.03. The first-order chi connectivity index (χ1) is 9.35. The van der Waals surface area contributed by atoms with Crippen LogP contribution < -0.4 is 5.32 Å². The highest BCUT2D eigenvalue weighted by atomic mass is 15.2. The van der Waals surface area contributed by atoms with Crippen LogP contribution in [-0.2, 0) is 0 Å². The first-order valence-corrected chi connectivity index (χ1v) is 8.22. The van der Waals surface area contributed by atoms with Gasteiger partial charge in [0.2, 0.25) is 0 Å². The van der Waals surface area contributed by atoms with Gasteiger partial charge in [-0.3, -0.25) is 4.90 Å². The average molecular weight is 262 g/mol. The van der Waals surface area contributed by atoms with Crippen LogP contribution in [0, 0.1) is 17.8 Å². The van der Waals surface area contributed by atoms with Crippen molar-refractivity contribution in [1.29, 1.82) is 0 Å². The molecule has 2 nitrogen and oxygen atoms in total. The molecular weight excluding hydrogens is 232 g/mol. The maximum absolute atomic E-state index is 3.83. The van der Waals surface area contributed by atoms with Crippen molar-refractivity contribution in [2.45, 2.75) is 70.9 Å². The van der Waals surface area contributed by atoms with E-state index in [1.807, 2.05) is 6.92 Å². The number of hydrogen-bond donors (Lipinski definition) is 1. The Balaban J connectivity index is 1.87. The van der Waals surface area contributed by atoms with E-state index in [4.69, 9.17) is 0 Å². The van der Waals surface area contributed by atoms with Gasteiger partial charge < -0.3 is 5.32 Å². The molecule has 1 aliphatic carbocycles. The Morgan fingerprint density at radius 2 is 2.00 bits per heavy atom. The summed E-state index contributed by atoms with van der Waals surface area (Å²) in [7, 11) is 0. The second-order valence-corrected chi connectivity index (χ2v) is 6.15. The molecule has 0 bridgehead atoms. The fourth-order valence-electron chi connectivity index (χ4n) is 3.74. The first kappa shape index (κ1) is 14.9. The molecule has 108 valence electrons. The van der Waals surface area contributed by atoms with Crippen LogP contribution in [0.5, 0.6) is 0 Å². The lowest BCUT2D eigenvalue weighted by Crippen LogP contribution is -2.58. The van der Waals surface area contributed by atoms with Gasteiger partial charge in [-0.25, -0.2) is 0 Å². The lowest BCUT2D eigenvalue weighted by Gasteiger charge is -2.43. The van der Waals surface area contributed by atoms with Gasteiger partial charge in [-0.05, 0) is 32.1 Å². The molecule has 0 radical (unpaired) electrons. The van der Waals surface area contributed by atoms with E-state index in [9.17, 15) is 0 Å². The summed E-state index contributed by atoms with van der Waals surface area (Å²) in [6, 6.07) is 1.45. The monoisotopic (exact) mass is 262 g/mol. The van der Waals surface area contributed by atoms with E-state index in [0.717, 1.165) is 31.0 Å². The predicted molar refractivity (Wildman–Crippen MR) is 82.1 cm³/mol. The minimum Gasteiger partial charge on any atom is -0.311 e. The standard InChI is InChI=1S/C17H30N2/c1-3-5-9-12-19-14-17(18-13-16(19)4-2)15-10-7-6-8-11-15/h15-18H,4,6-14H2,1-2H3. The molecule has 2 rings (SSSR count). The summed E-state index contributed by atoms with van der Waals surface area (Å²) in [5.74, 6) is 7.17. The highest BCUT2D eigenvalue weighted by Crippen LogP contribution is 2.28. The lowest BCUT2D eigenvalue weighted by atomic mass is 9.82. The van der Waals surface area contributed by atoms with Crippen molar-refractivity contribution >= 4 is 0 Å². The quantitative estimate of drug-likeness (QED) is 0.784. The van der Waals surface area contributed by atoms with Gasteiger partial charge in [0.25, 0.3) is 0 Å². The van der Waals surface area contributed by atoms with Gasteiger partial charge in [0.05, 0.1) is 0 Å². The molecule has 1 saturated carbocycles. The molecule has 1 heterocycles. The Labute approximate surface area is 119 Å². The van der Waals surface area contributed by atoms with Crippen LogP contribution in [0.2, 0.25) is 0 Å². The zero-order valence-electron chi connectivity index (χ0n) is 12.8. The Morgan fingerprint density at radius 1 is 1.21 bits per heavy atom. The SMILES string of the molecule is CC#CCCN1CC(C2CCCCC2)NCC1CC. The van der Waals surface area contributed by atoms with Crippen molar-refractivity contribution in [3.63, 3.8) is 0 Å². The highest BCUT2D eigenvalue weighted by molar-refractivity contribution is 4.97. The Bertz CT molecular complexity index is 309. The Kier molecular flexibility index (Phi) is 6.20. The molecule has 2 fully saturated rings. The molecular formula is C17H30N2. The number of rotatable bonds is 4. The normalized spacial score (nSPS) is 29.8.